The van der Waals surface area contributed by atoms with Crippen LogP contribution in [-0.2, 0) is 0 Å². The van der Waals surface area contributed by atoms with Crippen LogP contribution in [0.1, 0.15) is 0 Å². The van der Waals surface area contributed by atoms with Crippen LogP contribution in [0.3, 0.4) is 0 Å². The molecule has 7 aromatic carbocycles. The van der Waals surface area contributed by atoms with E-state index in [9.17, 15) is 0 Å². The van der Waals surface area contributed by atoms with E-state index < -0.39 is 0 Å². The Morgan fingerprint density at radius 3 is 1.53 bits per heavy atom. The maximum Gasteiger partial charge on any atom is 0.0724 e. The molecule has 0 aliphatic carbocycles. The van der Waals surface area contributed by atoms with E-state index in [0.717, 1.165) is 39.5 Å². The topological polar surface area (TPSA) is 26.0 Å². The Kier molecular flexibility index (Phi) is 6.78. The average molecular weight is 653 g/mol. The quantitative estimate of drug-likeness (QED) is 0.179. The van der Waals surface area contributed by atoms with Gasteiger partial charge in [0.15, 0.2) is 0 Å². The van der Waals surface area contributed by atoms with Crippen molar-refractivity contribution in [3.63, 3.8) is 0 Å². The molecule has 0 fully saturated rings. The summed E-state index contributed by atoms with van der Waals surface area (Å²) in [5, 5.41) is 4.88. The summed E-state index contributed by atoms with van der Waals surface area (Å²) in [5.41, 5.74) is 12.5. The summed E-state index contributed by atoms with van der Waals surface area (Å²) in [5.74, 6) is 0. The number of aromatic nitrogens is 3. The highest BCUT2D eigenvalue weighted by Crippen LogP contribution is 2.40. The van der Waals surface area contributed by atoms with E-state index in [1.54, 1.807) is 0 Å². The number of fused-ring (bicyclic) bond motifs is 6. The summed E-state index contributed by atoms with van der Waals surface area (Å²) in [7, 11) is 0. The predicted molar refractivity (Wildman–Crippen MR) is 213 cm³/mol. The Morgan fingerprint density at radius 2 is 0.863 bits per heavy atom. The normalized spacial score (nSPS) is 11.5. The fourth-order valence-corrected chi connectivity index (χ4v) is 7.70. The van der Waals surface area contributed by atoms with Crippen molar-refractivity contribution in [3.05, 3.63) is 194 Å². The molecule has 0 radical (unpaired) electrons. The maximum atomic E-state index is 4.49. The van der Waals surface area contributed by atoms with Gasteiger partial charge in [-0.1, -0.05) is 103 Å². The first-order valence-corrected chi connectivity index (χ1v) is 17.3. The van der Waals surface area contributed by atoms with Crippen LogP contribution in [0.4, 0.5) is 17.1 Å². The zero-order valence-corrected chi connectivity index (χ0v) is 27.8. The van der Waals surface area contributed by atoms with Gasteiger partial charge < -0.3 is 14.0 Å². The molecule has 4 heteroatoms. The van der Waals surface area contributed by atoms with E-state index in [0.29, 0.717) is 0 Å². The first-order chi connectivity index (χ1) is 25.3. The van der Waals surface area contributed by atoms with Crippen LogP contribution in [0, 0.1) is 0 Å². The molecule has 51 heavy (non-hydrogen) atoms. The highest BCUT2D eigenvalue weighted by atomic mass is 15.1. The van der Waals surface area contributed by atoms with E-state index in [4.69, 9.17) is 0 Å². The van der Waals surface area contributed by atoms with Crippen LogP contribution in [0.15, 0.2) is 194 Å². The molecule has 10 rings (SSSR count). The Morgan fingerprint density at radius 1 is 0.353 bits per heavy atom. The molecule has 240 valence electrons. The zero-order chi connectivity index (χ0) is 33.7. The molecule has 0 atom stereocenters. The van der Waals surface area contributed by atoms with Crippen molar-refractivity contribution in [2.24, 2.45) is 0 Å². The molecule has 0 aliphatic rings. The number of pyridine rings is 1. The lowest BCUT2D eigenvalue weighted by Crippen LogP contribution is -2.10. The van der Waals surface area contributed by atoms with Crippen molar-refractivity contribution in [1.29, 1.82) is 0 Å². The number of hydrogen-bond acceptors (Lipinski definition) is 2. The lowest BCUT2D eigenvalue weighted by Gasteiger charge is -2.26. The molecule has 10 aromatic rings. The van der Waals surface area contributed by atoms with Gasteiger partial charge in [-0.25, -0.2) is 0 Å². The van der Waals surface area contributed by atoms with Gasteiger partial charge in [-0.05, 0) is 90.0 Å². The number of anilines is 3. The standard InChI is InChI=1S/C47H32N4/c1-4-13-35(14-5-1)49(36-15-6-2-7-16-36)38-19-12-20-39(31-38)51-44-22-11-10-21-40(44)41-25-23-34(30-46(41)51)33-24-26-42-43-27-28-48-32-47(43)50(45(42)29-33)37-17-8-3-9-18-37/h1-32H. The van der Waals surface area contributed by atoms with E-state index >= 15 is 0 Å². The monoisotopic (exact) mass is 652 g/mol. The lowest BCUT2D eigenvalue weighted by molar-refractivity contribution is 1.16. The first-order valence-electron chi connectivity index (χ1n) is 17.3. The fraction of sp³-hybridized carbons (Fsp3) is 0. The largest absolute Gasteiger partial charge is 0.310 e. The second kappa shape index (κ2) is 11.9. The smallest absolute Gasteiger partial charge is 0.0724 e. The van der Waals surface area contributed by atoms with Crippen LogP contribution >= 0.6 is 0 Å². The van der Waals surface area contributed by atoms with Gasteiger partial charge in [-0.2, -0.15) is 0 Å². The maximum absolute atomic E-state index is 4.49. The highest BCUT2D eigenvalue weighted by molar-refractivity contribution is 6.12. The number of rotatable bonds is 6. The minimum Gasteiger partial charge on any atom is -0.310 e. The van der Waals surface area contributed by atoms with Gasteiger partial charge in [0.2, 0.25) is 0 Å². The molecule has 3 aromatic heterocycles. The van der Waals surface area contributed by atoms with E-state index in [1.165, 1.54) is 43.7 Å². The predicted octanol–water partition coefficient (Wildman–Crippen LogP) is 12.4. The van der Waals surface area contributed by atoms with Crippen molar-refractivity contribution in [2.45, 2.75) is 0 Å². The van der Waals surface area contributed by atoms with Crippen LogP contribution in [-0.4, -0.2) is 14.1 Å². The van der Waals surface area contributed by atoms with Gasteiger partial charge >= 0.3 is 0 Å². The third kappa shape index (κ3) is 4.80. The van der Waals surface area contributed by atoms with Crippen molar-refractivity contribution >= 4 is 60.7 Å². The number of para-hydroxylation sites is 4. The Bertz CT molecular complexity index is 2810. The third-order valence-electron chi connectivity index (χ3n) is 9.97. The summed E-state index contributed by atoms with van der Waals surface area (Å²) < 4.78 is 4.74. The first kappa shape index (κ1) is 29.0. The Balaban J connectivity index is 1.17. The van der Waals surface area contributed by atoms with Crippen LogP contribution < -0.4 is 4.90 Å². The summed E-state index contributed by atoms with van der Waals surface area (Å²) in [4.78, 5) is 6.81. The van der Waals surface area contributed by atoms with Gasteiger partial charge in [-0.15, -0.1) is 0 Å². The number of benzene rings is 7. The molecule has 0 saturated carbocycles. The van der Waals surface area contributed by atoms with Gasteiger partial charge in [-0.3, -0.25) is 4.98 Å². The molecule has 0 aliphatic heterocycles. The molecular weight excluding hydrogens is 621 g/mol. The molecular formula is C47H32N4. The zero-order valence-electron chi connectivity index (χ0n) is 27.8. The molecule has 4 nitrogen and oxygen atoms in total. The van der Waals surface area contributed by atoms with E-state index in [2.05, 4.69) is 201 Å². The van der Waals surface area contributed by atoms with Crippen LogP contribution in [0.2, 0.25) is 0 Å². The lowest BCUT2D eigenvalue weighted by atomic mass is 10.0. The van der Waals surface area contributed by atoms with E-state index in [-0.39, 0.29) is 0 Å². The summed E-state index contributed by atoms with van der Waals surface area (Å²) in [6, 6.07) is 65.2. The van der Waals surface area contributed by atoms with E-state index in [1.807, 2.05) is 12.4 Å². The SMILES string of the molecule is c1ccc(N(c2ccccc2)c2cccc(-n3c4ccccc4c4ccc(-c5ccc6c7ccncc7n(-c7ccccc7)c6c5)cc43)c2)cc1. The van der Waals surface area contributed by atoms with Crippen molar-refractivity contribution in [2.75, 3.05) is 4.90 Å². The van der Waals surface area contributed by atoms with Crippen molar-refractivity contribution in [1.82, 2.24) is 14.1 Å². The fourth-order valence-electron chi connectivity index (χ4n) is 7.70. The second-order valence-electron chi connectivity index (χ2n) is 12.9. The molecule has 0 bridgehead atoms. The average Bonchev–Trinajstić information content (AvgIpc) is 3.71. The van der Waals surface area contributed by atoms with Gasteiger partial charge in [0.1, 0.15) is 0 Å². The van der Waals surface area contributed by atoms with Gasteiger partial charge in [0.25, 0.3) is 0 Å². The Hall–Kier alpha value is -6.91. The van der Waals surface area contributed by atoms with Crippen LogP contribution in [0.25, 0.3) is 66.1 Å². The number of hydrogen-bond donors (Lipinski definition) is 0. The summed E-state index contributed by atoms with van der Waals surface area (Å²) >= 11 is 0. The summed E-state index contributed by atoms with van der Waals surface area (Å²) in [6.45, 7) is 0. The minimum absolute atomic E-state index is 1.10. The molecule has 0 N–H and O–H groups in total. The molecule has 3 heterocycles. The molecule has 0 unspecified atom stereocenters. The molecule has 0 amide bonds. The Labute approximate surface area is 295 Å². The molecule has 0 spiro atoms. The van der Waals surface area contributed by atoms with Crippen molar-refractivity contribution < 1.29 is 0 Å². The second-order valence-corrected chi connectivity index (χ2v) is 12.9. The minimum atomic E-state index is 1.10. The molecule has 0 saturated heterocycles. The van der Waals surface area contributed by atoms with Gasteiger partial charge in [0, 0.05) is 56.2 Å². The third-order valence-corrected chi connectivity index (χ3v) is 9.97. The highest BCUT2D eigenvalue weighted by Gasteiger charge is 2.18. The summed E-state index contributed by atoms with van der Waals surface area (Å²) in [6.07, 6.45) is 3.85. The van der Waals surface area contributed by atoms with Crippen molar-refractivity contribution in [3.8, 4) is 22.5 Å². The number of nitrogens with zero attached hydrogens (tertiary/aromatic N) is 4. The van der Waals surface area contributed by atoms with Gasteiger partial charge in [0.05, 0.1) is 28.3 Å². The van der Waals surface area contributed by atoms with Crippen LogP contribution in [0.5, 0.6) is 0 Å².